The molecule has 1 heterocycles. The second kappa shape index (κ2) is 4.73. The second-order valence-electron chi connectivity index (χ2n) is 5.96. The number of amides is 1. The van der Waals surface area contributed by atoms with Gasteiger partial charge in [0.25, 0.3) is 5.91 Å². The summed E-state index contributed by atoms with van der Waals surface area (Å²) < 4.78 is 0. The number of aryl methyl sites for hydroxylation is 1. The van der Waals surface area contributed by atoms with Crippen molar-refractivity contribution < 1.29 is 4.79 Å². The Kier molecular flexibility index (Phi) is 3.44. The maximum absolute atomic E-state index is 12.3. The van der Waals surface area contributed by atoms with Crippen LogP contribution < -0.4 is 5.73 Å². The minimum Gasteiger partial charge on any atom is -0.337 e. The third-order valence-corrected chi connectivity index (χ3v) is 4.03. The van der Waals surface area contributed by atoms with Crippen LogP contribution >= 0.6 is 0 Å². The number of hydrogen-bond acceptors (Lipinski definition) is 2. The molecule has 1 aliphatic rings. The van der Waals surface area contributed by atoms with Gasteiger partial charge in [-0.05, 0) is 30.9 Å². The Hall–Kier alpha value is -1.35. The zero-order valence-electron chi connectivity index (χ0n) is 11.4. The van der Waals surface area contributed by atoms with Crippen molar-refractivity contribution >= 4 is 5.91 Å². The van der Waals surface area contributed by atoms with E-state index in [4.69, 9.17) is 5.73 Å². The van der Waals surface area contributed by atoms with E-state index in [1.54, 1.807) is 0 Å². The number of likely N-dealkylation sites (tertiary alicyclic amines) is 1. The van der Waals surface area contributed by atoms with Gasteiger partial charge >= 0.3 is 0 Å². The fourth-order valence-corrected chi connectivity index (χ4v) is 2.25. The highest BCUT2D eigenvalue weighted by atomic mass is 16.2. The maximum Gasteiger partial charge on any atom is 0.253 e. The van der Waals surface area contributed by atoms with Gasteiger partial charge in [0, 0.05) is 24.7 Å². The van der Waals surface area contributed by atoms with E-state index in [0.29, 0.717) is 6.54 Å². The molecule has 1 aromatic rings. The van der Waals surface area contributed by atoms with Gasteiger partial charge in [0.15, 0.2) is 0 Å². The lowest BCUT2D eigenvalue weighted by Crippen LogP contribution is -2.54. The predicted molar refractivity (Wildman–Crippen MR) is 73.5 cm³/mol. The fraction of sp³-hybridized carbons (Fsp3) is 0.533. The molecule has 3 heteroatoms. The van der Waals surface area contributed by atoms with Crippen LogP contribution in [0.4, 0.5) is 0 Å². The minimum atomic E-state index is 0.0562. The molecule has 0 bridgehead atoms. The lowest BCUT2D eigenvalue weighted by molar-refractivity contribution is 0.0575. The summed E-state index contributed by atoms with van der Waals surface area (Å²) in [5.74, 6) is 0.0981. The minimum absolute atomic E-state index is 0.0562. The molecule has 2 N–H and O–H groups in total. The van der Waals surface area contributed by atoms with Crippen molar-refractivity contribution in [2.45, 2.75) is 33.2 Å². The molecule has 0 aromatic heterocycles. The molecule has 1 amide bonds. The first-order valence-corrected chi connectivity index (χ1v) is 6.52. The molecule has 0 saturated carbocycles. The second-order valence-corrected chi connectivity index (χ2v) is 5.96. The first-order chi connectivity index (χ1) is 8.40. The average molecular weight is 246 g/mol. The smallest absolute Gasteiger partial charge is 0.253 e. The Morgan fingerprint density at radius 3 is 2.50 bits per heavy atom. The van der Waals surface area contributed by atoms with Crippen molar-refractivity contribution in [3.63, 3.8) is 0 Å². The number of carbonyl (C=O) groups excluding carboxylic acids is 1. The Balaban J connectivity index is 2.09. The van der Waals surface area contributed by atoms with E-state index in [0.717, 1.165) is 18.5 Å². The summed E-state index contributed by atoms with van der Waals surface area (Å²) >= 11 is 0. The van der Waals surface area contributed by atoms with E-state index in [1.807, 2.05) is 36.1 Å². The van der Waals surface area contributed by atoms with Crippen LogP contribution in [-0.2, 0) is 0 Å². The van der Waals surface area contributed by atoms with E-state index in [9.17, 15) is 4.79 Å². The van der Waals surface area contributed by atoms with Crippen LogP contribution in [0.3, 0.4) is 0 Å². The highest BCUT2D eigenvalue weighted by Gasteiger charge is 2.34. The monoisotopic (exact) mass is 246 g/mol. The van der Waals surface area contributed by atoms with Crippen LogP contribution in [0, 0.1) is 12.3 Å². The van der Waals surface area contributed by atoms with Crippen molar-refractivity contribution in [1.29, 1.82) is 0 Å². The summed E-state index contributed by atoms with van der Waals surface area (Å²) in [5.41, 5.74) is 8.20. The number of hydrogen-bond donors (Lipinski definition) is 1. The number of nitrogens with two attached hydrogens (primary N) is 1. The largest absolute Gasteiger partial charge is 0.337 e. The van der Waals surface area contributed by atoms with Gasteiger partial charge in [-0.2, -0.15) is 0 Å². The molecule has 0 radical (unpaired) electrons. The third kappa shape index (κ3) is 2.56. The third-order valence-electron chi connectivity index (χ3n) is 4.03. The molecule has 1 saturated heterocycles. The highest BCUT2D eigenvalue weighted by molar-refractivity contribution is 5.94. The molecule has 0 aliphatic carbocycles. The van der Waals surface area contributed by atoms with Crippen LogP contribution in [0.25, 0.3) is 0 Å². The van der Waals surface area contributed by atoms with Crippen LogP contribution in [0.5, 0.6) is 0 Å². The molecule has 1 fully saturated rings. The molecular formula is C15H22N2O. The van der Waals surface area contributed by atoms with E-state index >= 15 is 0 Å². The van der Waals surface area contributed by atoms with Crippen molar-refractivity contribution in [3.8, 4) is 0 Å². The Morgan fingerprint density at radius 1 is 1.33 bits per heavy atom. The Labute approximate surface area is 109 Å². The number of rotatable bonds is 1. The summed E-state index contributed by atoms with van der Waals surface area (Å²) in [5, 5.41) is 0. The van der Waals surface area contributed by atoms with Gasteiger partial charge < -0.3 is 10.6 Å². The molecule has 3 nitrogen and oxygen atoms in total. The van der Waals surface area contributed by atoms with Gasteiger partial charge in [-0.3, -0.25) is 4.79 Å². The Morgan fingerprint density at radius 2 is 1.94 bits per heavy atom. The molecule has 2 rings (SSSR count). The molecular weight excluding hydrogens is 224 g/mol. The highest BCUT2D eigenvalue weighted by Crippen LogP contribution is 2.29. The molecule has 0 spiro atoms. The lowest BCUT2D eigenvalue weighted by atomic mass is 9.78. The zero-order valence-corrected chi connectivity index (χ0v) is 11.4. The average Bonchev–Trinajstić information content (AvgIpc) is 2.33. The van der Waals surface area contributed by atoms with Gasteiger partial charge in [-0.25, -0.2) is 0 Å². The van der Waals surface area contributed by atoms with Crippen molar-refractivity contribution in [3.05, 3.63) is 35.4 Å². The molecule has 98 valence electrons. The number of piperidine rings is 1. The molecule has 18 heavy (non-hydrogen) atoms. The van der Waals surface area contributed by atoms with Gasteiger partial charge in [0.1, 0.15) is 0 Å². The van der Waals surface area contributed by atoms with Crippen LogP contribution in [0.1, 0.15) is 36.2 Å². The summed E-state index contributed by atoms with van der Waals surface area (Å²) in [6.45, 7) is 7.82. The van der Waals surface area contributed by atoms with Crippen molar-refractivity contribution in [2.24, 2.45) is 11.1 Å². The maximum atomic E-state index is 12.3. The summed E-state index contributed by atoms with van der Waals surface area (Å²) in [6.07, 6.45) is 0.964. The van der Waals surface area contributed by atoms with Gasteiger partial charge in [0.2, 0.25) is 0 Å². The summed E-state index contributed by atoms with van der Waals surface area (Å²) in [7, 11) is 0. The number of nitrogens with zero attached hydrogens (tertiary/aromatic N) is 1. The van der Waals surface area contributed by atoms with Gasteiger partial charge in [0.05, 0.1) is 0 Å². The lowest BCUT2D eigenvalue weighted by Gasteiger charge is -2.42. The predicted octanol–water partition coefficient (Wildman–Crippen LogP) is 2.19. The number of carbonyl (C=O) groups is 1. The topological polar surface area (TPSA) is 46.3 Å². The first kappa shape index (κ1) is 13.1. The van der Waals surface area contributed by atoms with E-state index < -0.39 is 0 Å². The zero-order chi connectivity index (χ0) is 13.3. The SMILES string of the molecule is Cc1ccc(C(=O)N2CCC(C)(C)C(N)C2)cc1. The fourth-order valence-electron chi connectivity index (χ4n) is 2.25. The van der Waals surface area contributed by atoms with Crippen LogP contribution in [-0.4, -0.2) is 29.9 Å². The van der Waals surface area contributed by atoms with Crippen molar-refractivity contribution in [2.75, 3.05) is 13.1 Å². The standard InChI is InChI=1S/C15H22N2O/c1-11-4-6-12(7-5-11)14(18)17-9-8-15(2,3)13(16)10-17/h4-7,13H,8-10,16H2,1-3H3. The molecule has 1 aromatic carbocycles. The first-order valence-electron chi connectivity index (χ1n) is 6.52. The normalized spacial score (nSPS) is 22.9. The quantitative estimate of drug-likeness (QED) is 0.825. The molecule has 1 aliphatic heterocycles. The van der Waals surface area contributed by atoms with E-state index in [-0.39, 0.29) is 17.4 Å². The Bertz CT molecular complexity index is 436. The van der Waals surface area contributed by atoms with Crippen molar-refractivity contribution in [1.82, 2.24) is 4.90 Å². The summed E-state index contributed by atoms with van der Waals surface area (Å²) in [4.78, 5) is 14.2. The van der Waals surface area contributed by atoms with E-state index in [2.05, 4.69) is 13.8 Å². The van der Waals surface area contributed by atoms with Gasteiger partial charge in [-0.15, -0.1) is 0 Å². The van der Waals surface area contributed by atoms with Crippen LogP contribution in [0.15, 0.2) is 24.3 Å². The number of benzene rings is 1. The molecule has 1 unspecified atom stereocenters. The summed E-state index contributed by atoms with van der Waals surface area (Å²) in [6, 6.07) is 7.79. The van der Waals surface area contributed by atoms with Crippen LogP contribution in [0.2, 0.25) is 0 Å². The van der Waals surface area contributed by atoms with Gasteiger partial charge in [-0.1, -0.05) is 31.5 Å². The van der Waals surface area contributed by atoms with E-state index in [1.165, 1.54) is 5.56 Å². The molecule has 1 atom stereocenters.